The van der Waals surface area contributed by atoms with E-state index in [1.165, 1.54) is 0 Å². The lowest BCUT2D eigenvalue weighted by Crippen LogP contribution is -2.27. The van der Waals surface area contributed by atoms with Gasteiger partial charge in [-0.15, -0.1) is 6.42 Å². The standard InChI is InChI=1S/C7H7N2/c1-3-7-6-9(2)5-4-8-7/h1,4-6H,2H3/q+1. The first-order valence-corrected chi connectivity index (χ1v) is 2.61. The molecule has 0 amide bonds. The SMILES string of the molecule is C#Cc1c[n+](C)ccn1. The molecule has 1 heterocycles. The Labute approximate surface area is 54.2 Å². The number of hydrogen-bond acceptors (Lipinski definition) is 1. The molecule has 0 N–H and O–H groups in total. The normalized spacial score (nSPS) is 8.44. The quantitative estimate of drug-likeness (QED) is 0.344. The predicted molar refractivity (Wildman–Crippen MR) is 33.3 cm³/mol. The minimum atomic E-state index is 0.667. The Balaban J connectivity index is 3.12. The fourth-order valence-corrected chi connectivity index (χ4v) is 0.563. The first-order chi connectivity index (χ1) is 4.33. The summed E-state index contributed by atoms with van der Waals surface area (Å²) in [5.41, 5.74) is 0.667. The Morgan fingerprint density at radius 1 is 1.78 bits per heavy atom. The minimum Gasteiger partial charge on any atom is -0.236 e. The second-order valence-electron chi connectivity index (χ2n) is 1.75. The fraction of sp³-hybridized carbons (Fsp3) is 0.143. The van der Waals surface area contributed by atoms with Gasteiger partial charge in [-0.3, -0.25) is 0 Å². The first kappa shape index (κ1) is 5.77. The molecule has 9 heavy (non-hydrogen) atoms. The summed E-state index contributed by atoms with van der Waals surface area (Å²) in [6.45, 7) is 0. The summed E-state index contributed by atoms with van der Waals surface area (Å²) in [5.74, 6) is 2.44. The molecular formula is C7H7N2+. The third kappa shape index (κ3) is 1.26. The summed E-state index contributed by atoms with van der Waals surface area (Å²) >= 11 is 0. The van der Waals surface area contributed by atoms with Crippen LogP contribution < -0.4 is 4.57 Å². The lowest BCUT2D eigenvalue weighted by Gasteiger charge is -1.84. The molecule has 0 saturated carbocycles. The Morgan fingerprint density at radius 2 is 2.56 bits per heavy atom. The van der Waals surface area contributed by atoms with Crippen molar-refractivity contribution in [1.29, 1.82) is 0 Å². The second kappa shape index (κ2) is 2.27. The predicted octanol–water partition coefficient (Wildman–Crippen LogP) is -0.113. The van der Waals surface area contributed by atoms with E-state index < -0.39 is 0 Å². The fourth-order valence-electron chi connectivity index (χ4n) is 0.563. The molecule has 44 valence electrons. The van der Waals surface area contributed by atoms with Gasteiger partial charge in [0.2, 0.25) is 6.20 Å². The van der Waals surface area contributed by atoms with Gasteiger partial charge in [0.05, 0.1) is 6.20 Å². The Hall–Kier alpha value is -1.36. The van der Waals surface area contributed by atoms with Crippen LogP contribution in [-0.2, 0) is 7.05 Å². The molecule has 0 spiro atoms. The van der Waals surface area contributed by atoms with Crippen LogP contribution in [0.15, 0.2) is 18.6 Å². The van der Waals surface area contributed by atoms with Crippen molar-refractivity contribution in [2.45, 2.75) is 0 Å². The molecule has 0 aliphatic carbocycles. The van der Waals surface area contributed by atoms with E-state index in [0.717, 1.165) is 0 Å². The molecule has 0 aliphatic rings. The maximum Gasteiger partial charge on any atom is 0.203 e. The molecular weight excluding hydrogens is 112 g/mol. The summed E-state index contributed by atoms with van der Waals surface area (Å²) in [6, 6.07) is 0. The van der Waals surface area contributed by atoms with Gasteiger partial charge in [0.25, 0.3) is 0 Å². The molecule has 0 radical (unpaired) electrons. The summed E-state index contributed by atoms with van der Waals surface area (Å²) in [7, 11) is 1.91. The topological polar surface area (TPSA) is 16.8 Å². The van der Waals surface area contributed by atoms with Crippen LogP contribution in [0.25, 0.3) is 0 Å². The largest absolute Gasteiger partial charge is 0.236 e. The zero-order chi connectivity index (χ0) is 6.69. The monoisotopic (exact) mass is 119 g/mol. The Kier molecular flexibility index (Phi) is 1.46. The second-order valence-corrected chi connectivity index (χ2v) is 1.75. The van der Waals surface area contributed by atoms with Crippen molar-refractivity contribution in [3.05, 3.63) is 24.3 Å². The van der Waals surface area contributed by atoms with E-state index in [-0.39, 0.29) is 0 Å². The maximum atomic E-state index is 5.09. The van der Waals surface area contributed by atoms with E-state index >= 15 is 0 Å². The number of nitrogens with zero attached hydrogens (tertiary/aromatic N) is 2. The summed E-state index contributed by atoms with van der Waals surface area (Å²) < 4.78 is 1.86. The van der Waals surface area contributed by atoms with Gasteiger partial charge in [-0.1, -0.05) is 0 Å². The molecule has 1 rings (SSSR count). The highest BCUT2D eigenvalue weighted by Gasteiger charge is 1.91. The average molecular weight is 119 g/mol. The lowest BCUT2D eigenvalue weighted by atomic mass is 10.5. The van der Waals surface area contributed by atoms with E-state index in [4.69, 9.17) is 6.42 Å². The molecule has 0 bridgehead atoms. The van der Waals surface area contributed by atoms with Crippen LogP contribution in [0.4, 0.5) is 0 Å². The van der Waals surface area contributed by atoms with Crippen molar-refractivity contribution in [2.75, 3.05) is 0 Å². The number of aromatic nitrogens is 2. The van der Waals surface area contributed by atoms with E-state index in [9.17, 15) is 0 Å². The summed E-state index contributed by atoms with van der Waals surface area (Å²) in [5, 5.41) is 0. The van der Waals surface area contributed by atoms with E-state index in [2.05, 4.69) is 10.9 Å². The number of rotatable bonds is 0. The van der Waals surface area contributed by atoms with E-state index in [1.807, 2.05) is 17.8 Å². The van der Waals surface area contributed by atoms with Gasteiger partial charge in [0.15, 0.2) is 11.9 Å². The minimum absolute atomic E-state index is 0.667. The van der Waals surface area contributed by atoms with E-state index in [1.54, 1.807) is 12.4 Å². The Bertz CT molecular complexity index is 247. The van der Waals surface area contributed by atoms with Crippen molar-refractivity contribution in [3.63, 3.8) is 0 Å². The molecule has 0 unspecified atom stereocenters. The molecule has 1 aromatic heterocycles. The van der Waals surface area contributed by atoms with Crippen molar-refractivity contribution in [1.82, 2.24) is 4.98 Å². The van der Waals surface area contributed by atoms with Gasteiger partial charge in [-0.2, -0.15) is 0 Å². The molecule has 0 saturated heterocycles. The van der Waals surface area contributed by atoms with Crippen molar-refractivity contribution in [3.8, 4) is 12.3 Å². The van der Waals surface area contributed by atoms with Crippen LogP contribution in [0.3, 0.4) is 0 Å². The van der Waals surface area contributed by atoms with Crippen LogP contribution in [-0.4, -0.2) is 4.98 Å². The Morgan fingerprint density at radius 3 is 3.00 bits per heavy atom. The van der Waals surface area contributed by atoms with E-state index in [0.29, 0.717) is 5.69 Å². The highest BCUT2D eigenvalue weighted by molar-refractivity contribution is 5.17. The maximum absolute atomic E-state index is 5.09. The molecule has 2 nitrogen and oxygen atoms in total. The van der Waals surface area contributed by atoms with Gasteiger partial charge >= 0.3 is 0 Å². The summed E-state index contributed by atoms with van der Waals surface area (Å²) in [6.07, 6.45) is 10.4. The molecule has 0 aliphatic heterocycles. The number of aryl methyl sites for hydroxylation is 1. The van der Waals surface area contributed by atoms with Gasteiger partial charge < -0.3 is 0 Å². The van der Waals surface area contributed by atoms with Gasteiger partial charge in [0.1, 0.15) is 7.05 Å². The van der Waals surface area contributed by atoms with Gasteiger partial charge in [-0.25, -0.2) is 9.55 Å². The van der Waals surface area contributed by atoms with Crippen LogP contribution in [0.2, 0.25) is 0 Å². The highest BCUT2D eigenvalue weighted by atomic mass is 14.9. The first-order valence-electron chi connectivity index (χ1n) is 2.61. The third-order valence-corrected chi connectivity index (χ3v) is 0.989. The van der Waals surface area contributed by atoms with Crippen molar-refractivity contribution < 1.29 is 4.57 Å². The lowest BCUT2D eigenvalue weighted by molar-refractivity contribution is -0.672. The smallest absolute Gasteiger partial charge is 0.203 e. The third-order valence-electron chi connectivity index (χ3n) is 0.989. The highest BCUT2D eigenvalue weighted by Crippen LogP contribution is 1.80. The number of hydrogen-bond donors (Lipinski definition) is 0. The van der Waals surface area contributed by atoms with Crippen LogP contribution in [0, 0.1) is 12.3 Å². The van der Waals surface area contributed by atoms with Crippen molar-refractivity contribution in [2.24, 2.45) is 7.05 Å². The zero-order valence-corrected chi connectivity index (χ0v) is 5.20. The average Bonchev–Trinajstić information content (AvgIpc) is 1.88. The molecule has 0 atom stereocenters. The molecule has 2 heteroatoms. The summed E-state index contributed by atoms with van der Waals surface area (Å²) in [4.78, 5) is 3.90. The van der Waals surface area contributed by atoms with Gasteiger partial charge in [0, 0.05) is 0 Å². The van der Waals surface area contributed by atoms with Crippen LogP contribution in [0.1, 0.15) is 5.69 Å². The van der Waals surface area contributed by atoms with Gasteiger partial charge in [-0.05, 0) is 5.92 Å². The molecule has 0 aromatic carbocycles. The van der Waals surface area contributed by atoms with Crippen molar-refractivity contribution >= 4 is 0 Å². The van der Waals surface area contributed by atoms with Crippen LogP contribution in [0.5, 0.6) is 0 Å². The number of terminal acetylenes is 1. The molecule has 0 fully saturated rings. The molecule has 1 aromatic rings. The zero-order valence-electron chi connectivity index (χ0n) is 5.20. The van der Waals surface area contributed by atoms with Crippen LogP contribution >= 0.6 is 0 Å².